The van der Waals surface area contributed by atoms with Crippen LogP contribution >= 0.6 is 0 Å². The minimum Gasteiger partial charge on any atom is -0.496 e. The van der Waals surface area contributed by atoms with Gasteiger partial charge in [0, 0.05) is 17.5 Å². The maximum Gasteiger partial charge on any atom is 0.410 e. The van der Waals surface area contributed by atoms with Gasteiger partial charge in [-0.1, -0.05) is 84.9 Å². The first-order valence-electron chi connectivity index (χ1n) is 13.1. The van der Waals surface area contributed by atoms with Crippen LogP contribution < -0.4 is 4.74 Å². The van der Waals surface area contributed by atoms with E-state index in [-0.39, 0.29) is 24.1 Å². The molecule has 2 atom stereocenters. The van der Waals surface area contributed by atoms with Crippen molar-refractivity contribution in [1.29, 1.82) is 0 Å². The predicted octanol–water partition coefficient (Wildman–Crippen LogP) is 7.42. The summed E-state index contributed by atoms with van der Waals surface area (Å²) in [5.41, 5.74) is 7.39. The number of ether oxygens (including phenoxy) is 2. The van der Waals surface area contributed by atoms with E-state index in [1.54, 1.807) is 7.11 Å². The SMILES string of the molecule is COc1ccc2ccccc2c1C1=CC2CCC(C1)N2C(=O)OCC1c2ccccc2-c2ccccc21. The van der Waals surface area contributed by atoms with Gasteiger partial charge in [0.25, 0.3) is 0 Å². The summed E-state index contributed by atoms with van der Waals surface area (Å²) >= 11 is 0. The topological polar surface area (TPSA) is 38.8 Å². The van der Waals surface area contributed by atoms with E-state index in [4.69, 9.17) is 9.47 Å². The number of hydrogen-bond acceptors (Lipinski definition) is 3. The molecule has 1 aliphatic carbocycles. The second kappa shape index (κ2) is 8.81. The molecule has 4 nitrogen and oxygen atoms in total. The fourth-order valence-corrected chi connectivity index (χ4v) is 6.72. The van der Waals surface area contributed by atoms with Crippen molar-refractivity contribution in [3.63, 3.8) is 0 Å². The van der Waals surface area contributed by atoms with Crippen LogP contribution in [0.4, 0.5) is 4.79 Å². The highest BCUT2D eigenvalue weighted by Crippen LogP contribution is 2.46. The number of methoxy groups -OCH3 is 1. The van der Waals surface area contributed by atoms with Crippen LogP contribution in [0, 0.1) is 0 Å². The highest BCUT2D eigenvalue weighted by Gasteiger charge is 2.42. The van der Waals surface area contributed by atoms with Gasteiger partial charge in [0.1, 0.15) is 12.4 Å². The highest BCUT2D eigenvalue weighted by molar-refractivity contribution is 5.97. The monoisotopic (exact) mass is 487 g/mol. The van der Waals surface area contributed by atoms with Crippen LogP contribution in [-0.4, -0.2) is 36.8 Å². The number of rotatable bonds is 4. The zero-order chi connectivity index (χ0) is 24.9. The lowest BCUT2D eigenvalue weighted by molar-refractivity contribution is 0.0866. The van der Waals surface area contributed by atoms with E-state index in [9.17, 15) is 4.79 Å². The minimum absolute atomic E-state index is 0.0491. The van der Waals surface area contributed by atoms with Gasteiger partial charge in [0.2, 0.25) is 0 Å². The normalized spacial score (nSPS) is 19.9. The number of hydrogen-bond donors (Lipinski definition) is 0. The molecule has 7 rings (SSSR count). The van der Waals surface area contributed by atoms with Crippen LogP contribution in [0.3, 0.4) is 0 Å². The molecule has 0 radical (unpaired) electrons. The van der Waals surface area contributed by atoms with Crippen molar-refractivity contribution >= 4 is 22.4 Å². The highest BCUT2D eigenvalue weighted by atomic mass is 16.6. The summed E-state index contributed by atoms with van der Waals surface area (Å²) in [4.78, 5) is 15.4. The summed E-state index contributed by atoms with van der Waals surface area (Å²) in [5, 5.41) is 2.40. The Kier molecular flexibility index (Phi) is 5.28. The molecule has 4 aromatic rings. The van der Waals surface area contributed by atoms with Crippen molar-refractivity contribution in [3.05, 3.63) is 108 Å². The molecule has 3 aliphatic rings. The Morgan fingerprint density at radius 3 is 2.30 bits per heavy atom. The maximum absolute atomic E-state index is 13.5. The Labute approximate surface area is 217 Å². The lowest BCUT2D eigenvalue weighted by Crippen LogP contribution is -2.43. The first kappa shape index (κ1) is 22.2. The van der Waals surface area contributed by atoms with Crippen molar-refractivity contribution in [3.8, 4) is 16.9 Å². The molecule has 2 bridgehead atoms. The van der Waals surface area contributed by atoms with Crippen molar-refractivity contribution in [2.75, 3.05) is 13.7 Å². The molecule has 1 fully saturated rings. The van der Waals surface area contributed by atoms with E-state index in [1.165, 1.54) is 38.6 Å². The van der Waals surface area contributed by atoms with Crippen molar-refractivity contribution < 1.29 is 14.3 Å². The second-order valence-corrected chi connectivity index (χ2v) is 10.3. The molecule has 4 aromatic carbocycles. The molecule has 4 heteroatoms. The van der Waals surface area contributed by atoms with E-state index in [1.807, 2.05) is 4.90 Å². The molecule has 0 saturated carbocycles. The molecule has 37 heavy (non-hydrogen) atoms. The maximum atomic E-state index is 13.5. The average Bonchev–Trinajstić information content (AvgIpc) is 3.41. The summed E-state index contributed by atoms with van der Waals surface area (Å²) in [6, 6.07) is 29.7. The summed E-state index contributed by atoms with van der Waals surface area (Å²) in [5.74, 6) is 0.962. The summed E-state index contributed by atoms with van der Waals surface area (Å²) < 4.78 is 11.8. The Morgan fingerprint density at radius 1 is 0.865 bits per heavy atom. The molecule has 0 N–H and O–H groups in total. The van der Waals surface area contributed by atoms with Gasteiger partial charge in [0.05, 0.1) is 13.2 Å². The third kappa shape index (κ3) is 3.54. The molecule has 2 heterocycles. The summed E-state index contributed by atoms with van der Waals surface area (Å²) in [6.07, 6.45) is 4.84. The van der Waals surface area contributed by atoms with Crippen LogP contribution in [0.5, 0.6) is 5.75 Å². The predicted molar refractivity (Wildman–Crippen MR) is 147 cm³/mol. The molecule has 2 unspecified atom stereocenters. The van der Waals surface area contributed by atoms with Crippen LogP contribution in [-0.2, 0) is 4.74 Å². The lowest BCUT2D eigenvalue weighted by Gasteiger charge is -2.34. The van der Waals surface area contributed by atoms with Gasteiger partial charge in [-0.25, -0.2) is 4.79 Å². The fraction of sp³-hybridized carbons (Fsp3) is 0.242. The van der Waals surface area contributed by atoms with E-state index in [0.717, 1.165) is 30.6 Å². The van der Waals surface area contributed by atoms with Gasteiger partial charge in [-0.15, -0.1) is 0 Å². The van der Waals surface area contributed by atoms with Gasteiger partial charge in [-0.3, -0.25) is 4.90 Å². The Balaban J connectivity index is 1.15. The standard InChI is InChI=1S/C33H29NO3/c1-36-31-17-14-21-8-2-3-9-25(21)32(31)22-18-23-15-16-24(19-22)34(23)33(35)37-20-30-28-12-6-4-10-26(28)27-11-5-7-13-29(27)30/h2-14,17-18,23-24,30H,15-16,19-20H2,1H3. The largest absolute Gasteiger partial charge is 0.496 e. The quantitative estimate of drug-likeness (QED) is 0.301. The second-order valence-electron chi connectivity index (χ2n) is 10.3. The molecular formula is C33H29NO3. The summed E-state index contributed by atoms with van der Waals surface area (Å²) in [7, 11) is 1.73. The molecule has 0 spiro atoms. The Morgan fingerprint density at radius 2 is 1.57 bits per heavy atom. The Hall–Kier alpha value is -4.05. The zero-order valence-electron chi connectivity index (χ0n) is 20.9. The molecule has 1 saturated heterocycles. The van der Waals surface area contributed by atoms with E-state index >= 15 is 0 Å². The van der Waals surface area contributed by atoms with Gasteiger partial charge < -0.3 is 9.47 Å². The van der Waals surface area contributed by atoms with Gasteiger partial charge in [-0.05, 0) is 63.9 Å². The van der Waals surface area contributed by atoms with Crippen molar-refractivity contribution in [2.24, 2.45) is 0 Å². The lowest BCUT2D eigenvalue weighted by atomic mass is 9.90. The number of carbonyl (C=O) groups is 1. The fourth-order valence-electron chi connectivity index (χ4n) is 6.72. The summed E-state index contributed by atoms with van der Waals surface area (Å²) in [6.45, 7) is 0.358. The third-order valence-electron chi connectivity index (χ3n) is 8.37. The van der Waals surface area contributed by atoms with Gasteiger partial charge >= 0.3 is 6.09 Å². The van der Waals surface area contributed by atoms with Gasteiger partial charge in [0.15, 0.2) is 0 Å². The number of nitrogens with zero attached hydrogens (tertiary/aromatic N) is 1. The van der Waals surface area contributed by atoms with E-state index in [2.05, 4.69) is 91.0 Å². The Bertz CT molecular complexity index is 1510. The van der Waals surface area contributed by atoms with Crippen molar-refractivity contribution in [1.82, 2.24) is 4.90 Å². The van der Waals surface area contributed by atoms with Gasteiger partial charge in [-0.2, -0.15) is 0 Å². The third-order valence-corrected chi connectivity index (χ3v) is 8.37. The average molecular weight is 488 g/mol. The van der Waals surface area contributed by atoms with Crippen LogP contribution in [0.2, 0.25) is 0 Å². The van der Waals surface area contributed by atoms with E-state index in [0.29, 0.717) is 6.61 Å². The zero-order valence-corrected chi connectivity index (χ0v) is 20.9. The molecule has 1 amide bonds. The molecule has 2 aliphatic heterocycles. The number of carbonyl (C=O) groups excluding carboxylic acids is 1. The number of benzene rings is 4. The molecular weight excluding hydrogens is 458 g/mol. The van der Waals surface area contributed by atoms with E-state index < -0.39 is 0 Å². The van der Waals surface area contributed by atoms with Crippen LogP contribution in [0.15, 0.2) is 91.0 Å². The number of fused-ring (bicyclic) bond motifs is 6. The minimum atomic E-state index is -0.199. The van der Waals surface area contributed by atoms with Crippen LogP contribution in [0.1, 0.15) is 41.9 Å². The molecule has 184 valence electrons. The first-order chi connectivity index (χ1) is 18.2. The smallest absolute Gasteiger partial charge is 0.410 e. The molecule has 0 aromatic heterocycles. The van der Waals surface area contributed by atoms with Crippen molar-refractivity contribution in [2.45, 2.75) is 37.3 Å². The van der Waals surface area contributed by atoms with Crippen LogP contribution in [0.25, 0.3) is 27.5 Å². The number of amides is 1. The first-order valence-corrected chi connectivity index (χ1v) is 13.1.